The minimum Gasteiger partial charge on any atom is -0.396 e. The SMILES string of the molecule is OCCCc1cn(CCN2CCCCCC2)nn1. The number of aliphatic hydroxyl groups is 1. The lowest BCUT2D eigenvalue weighted by Gasteiger charge is -2.19. The highest BCUT2D eigenvalue weighted by molar-refractivity contribution is 4.92. The zero-order chi connectivity index (χ0) is 12.6. The molecule has 1 fully saturated rings. The monoisotopic (exact) mass is 252 g/mol. The van der Waals surface area contributed by atoms with Crippen LogP contribution in [0.5, 0.6) is 0 Å². The Morgan fingerprint density at radius 2 is 1.89 bits per heavy atom. The third-order valence-electron chi connectivity index (χ3n) is 3.52. The maximum atomic E-state index is 8.77. The Morgan fingerprint density at radius 1 is 1.11 bits per heavy atom. The van der Waals surface area contributed by atoms with Crippen molar-refractivity contribution >= 4 is 0 Å². The van der Waals surface area contributed by atoms with E-state index in [1.54, 1.807) is 0 Å². The molecule has 0 saturated carbocycles. The molecule has 0 atom stereocenters. The average molecular weight is 252 g/mol. The van der Waals surface area contributed by atoms with E-state index < -0.39 is 0 Å². The van der Waals surface area contributed by atoms with Crippen LogP contribution in [-0.4, -0.2) is 51.2 Å². The van der Waals surface area contributed by atoms with Crippen molar-refractivity contribution in [1.82, 2.24) is 19.9 Å². The van der Waals surface area contributed by atoms with Gasteiger partial charge in [-0.1, -0.05) is 18.1 Å². The van der Waals surface area contributed by atoms with Crippen LogP contribution in [0.25, 0.3) is 0 Å². The molecule has 0 radical (unpaired) electrons. The van der Waals surface area contributed by atoms with E-state index in [2.05, 4.69) is 15.2 Å². The molecule has 1 aromatic heterocycles. The molecule has 0 spiro atoms. The van der Waals surface area contributed by atoms with Crippen molar-refractivity contribution < 1.29 is 5.11 Å². The molecule has 1 aliphatic heterocycles. The molecular formula is C13H24N4O. The maximum absolute atomic E-state index is 8.77. The summed E-state index contributed by atoms with van der Waals surface area (Å²) in [6.45, 7) is 4.67. The molecule has 5 heteroatoms. The number of aliphatic hydroxyl groups excluding tert-OH is 1. The third kappa shape index (κ3) is 4.38. The molecule has 0 aromatic carbocycles. The predicted molar refractivity (Wildman–Crippen MR) is 70.3 cm³/mol. The van der Waals surface area contributed by atoms with Gasteiger partial charge in [-0.3, -0.25) is 4.68 Å². The fourth-order valence-corrected chi connectivity index (χ4v) is 2.43. The van der Waals surface area contributed by atoms with Crippen LogP contribution in [-0.2, 0) is 13.0 Å². The van der Waals surface area contributed by atoms with Gasteiger partial charge in [-0.2, -0.15) is 0 Å². The maximum Gasteiger partial charge on any atom is 0.0828 e. The number of aryl methyl sites for hydroxylation is 1. The summed E-state index contributed by atoms with van der Waals surface area (Å²) in [5.41, 5.74) is 0.986. The van der Waals surface area contributed by atoms with Gasteiger partial charge in [0.15, 0.2) is 0 Å². The van der Waals surface area contributed by atoms with Crippen LogP contribution in [0.1, 0.15) is 37.8 Å². The van der Waals surface area contributed by atoms with E-state index in [4.69, 9.17) is 5.11 Å². The van der Waals surface area contributed by atoms with Crippen molar-refractivity contribution in [2.24, 2.45) is 0 Å². The standard InChI is InChI=1S/C13H24N4O/c18-11-5-6-13-12-17(15-14-13)10-9-16-7-3-1-2-4-8-16/h12,18H,1-11H2. The fraction of sp³-hybridized carbons (Fsp3) is 0.846. The Labute approximate surface area is 109 Å². The minimum absolute atomic E-state index is 0.223. The second-order valence-electron chi connectivity index (χ2n) is 5.06. The Bertz CT molecular complexity index is 331. The first-order valence-electron chi connectivity index (χ1n) is 7.11. The van der Waals surface area contributed by atoms with Gasteiger partial charge in [0.1, 0.15) is 0 Å². The fourth-order valence-electron chi connectivity index (χ4n) is 2.43. The van der Waals surface area contributed by atoms with Crippen molar-refractivity contribution in [3.8, 4) is 0 Å². The average Bonchev–Trinajstić information content (AvgIpc) is 2.68. The van der Waals surface area contributed by atoms with Crippen LogP contribution in [0.2, 0.25) is 0 Å². The molecule has 0 amide bonds. The molecule has 1 N–H and O–H groups in total. The molecule has 2 heterocycles. The summed E-state index contributed by atoms with van der Waals surface area (Å²) in [5.74, 6) is 0. The quantitative estimate of drug-likeness (QED) is 0.823. The van der Waals surface area contributed by atoms with Crippen LogP contribution >= 0.6 is 0 Å². The molecule has 1 saturated heterocycles. The second-order valence-corrected chi connectivity index (χ2v) is 5.06. The lowest BCUT2D eigenvalue weighted by atomic mass is 10.2. The predicted octanol–water partition coefficient (Wildman–Crippen LogP) is 1.08. The summed E-state index contributed by atoms with van der Waals surface area (Å²) in [4.78, 5) is 2.53. The number of hydrogen-bond acceptors (Lipinski definition) is 4. The van der Waals surface area contributed by atoms with Gasteiger partial charge < -0.3 is 10.0 Å². The molecule has 1 aromatic rings. The summed E-state index contributed by atoms with van der Waals surface area (Å²) in [7, 11) is 0. The van der Waals surface area contributed by atoms with Crippen LogP contribution < -0.4 is 0 Å². The Kier molecular flexibility index (Phi) is 5.61. The third-order valence-corrected chi connectivity index (χ3v) is 3.52. The number of rotatable bonds is 6. The lowest BCUT2D eigenvalue weighted by molar-refractivity contribution is 0.267. The molecule has 5 nitrogen and oxygen atoms in total. The second kappa shape index (κ2) is 7.48. The van der Waals surface area contributed by atoms with E-state index >= 15 is 0 Å². The van der Waals surface area contributed by atoms with Crippen LogP contribution in [0.15, 0.2) is 6.20 Å². The highest BCUT2D eigenvalue weighted by Gasteiger charge is 2.09. The van der Waals surface area contributed by atoms with Gasteiger partial charge in [0.2, 0.25) is 0 Å². The lowest BCUT2D eigenvalue weighted by Crippen LogP contribution is -2.28. The molecule has 18 heavy (non-hydrogen) atoms. The van der Waals surface area contributed by atoms with Crippen molar-refractivity contribution in [3.05, 3.63) is 11.9 Å². The van der Waals surface area contributed by atoms with Gasteiger partial charge in [0.05, 0.1) is 12.2 Å². The van der Waals surface area contributed by atoms with E-state index in [-0.39, 0.29) is 6.61 Å². The van der Waals surface area contributed by atoms with Gasteiger partial charge in [0.25, 0.3) is 0 Å². The summed E-state index contributed by atoms with van der Waals surface area (Å²) in [6.07, 6.45) is 9.02. The minimum atomic E-state index is 0.223. The summed E-state index contributed by atoms with van der Waals surface area (Å²) in [5, 5.41) is 17.0. The number of aromatic nitrogens is 3. The molecular weight excluding hydrogens is 228 g/mol. The first kappa shape index (κ1) is 13.5. The van der Waals surface area contributed by atoms with E-state index in [0.29, 0.717) is 0 Å². The highest BCUT2D eigenvalue weighted by Crippen LogP contribution is 2.09. The normalized spacial score (nSPS) is 17.8. The van der Waals surface area contributed by atoms with Crippen LogP contribution in [0, 0.1) is 0 Å². The Morgan fingerprint density at radius 3 is 2.61 bits per heavy atom. The number of nitrogens with zero attached hydrogens (tertiary/aromatic N) is 4. The zero-order valence-electron chi connectivity index (χ0n) is 11.1. The topological polar surface area (TPSA) is 54.2 Å². The number of hydrogen-bond donors (Lipinski definition) is 1. The molecule has 102 valence electrons. The highest BCUT2D eigenvalue weighted by atomic mass is 16.2. The van der Waals surface area contributed by atoms with E-state index in [9.17, 15) is 0 Å². The van der Waals surface area contributed by atoms with Gasteiger partial charge in [0, 0.05) is 19.3 Å². The molecule has 0 aliphatic carbocycles. The smallest absolute Gasteiger partial charge is 0.0828 e. The Balaban J connectivity index is 1.73. The zero-order valence-corrected chi connectivity index (χ0v) is 11.1. The summed E-state index contributed by atoms with van der Waals surface area (Å²) >= 11 is 0. The van der Waals surface area contributed by atoms with Crippen molar-refractivity contribution in [1.29, 1.82) is 0 Å². The van der Waals surface area contributed by atoms with E-state index in [1.807, 2.05) is 10.9 Å². The number of likely N-dealkylation sites (tertiary alicyclic amines) is 1. The first-order valence-corrected chi connectivity index (χ1v) is 7.11. The van der Waals surface area contributed by atoms with Gasteiger partial charge in [-0.15, -0.1) is 5.10 Å². The molecule has 0 unspecified atom stereocenters. The largest absolute Gasteiger partial charge is 0.396 e. The van der Waals surface area contributed by atoms with Crippen LogP contribution in [0.4, 0.5) is 0 Å². The van der Waals surface area contributed by atoms with E-state index in [1.165, 1.54) is 38.8 Å². The van der Waals surface area contributed by atoms with E-state index in [0.717, 1.165) is 31.6 Å². The van der Waals surface area contributed by atoms with Gasteiger partial charge >= 0.3 is 0 Å². The van der Waals surface area contributed by atoms with Crippen molar-refractivity contribution in [3.63, 3.8) is 0 Å². The van der Waals surface area contributed by atoms with Gasteiger partial charge in [-0.05, 0) is 38.8 Å². The van der Waals surface area contributed by atoms with Crippen molar-refractivity contribution in [2.75, 3.05) is 26.2 Å². The molecule has 1 aliphatic rings. The Hall–Kier alpha value is -0.940. The summed E-state index contributed by atoms with van der Waals surface area (Å²) < 4.78 is 1.93. The van der Waals surface area contributed by atoms with Crippen LogP contribution in [0.3, 0.4) is 0 Å². The molecule has 0 bridgehead atoms. The first-order chi connectivity index (χ1) is 8.88. The van der Waals surface area contributed by atoms with Crippen molar-refractivity contribution in [2.45, 2.75) is 45.1 Å². The molecule has 2 rings (SSSR count). The summed E-state index contributed by atoms with van der Waals surface area (Å²) in [6, 6.07) is 0. The van der Waals surface area contributed by atoms with Gasteiger partial charge in [-0.25, -0.2) is 0 Å².